The lowest BCUT2D eigenvalue weighted by atomic mass is 10.2. The molecule has 11 nitrogen and oxygen atoms in total. The van der Waals surface area contributed by atoms with Gasteiger partial charge in [-0.05, 0) is 26.0 Å². The van der Waals surface area contributed by atoms with E-state index in [9.17, 15) is 26.4 Å². The van der Waals surface area contributed by atoms with Crippen molar-refractivity contribution in [2.24, 2.45) is 0 Å². The van der Waals surface area contributed by atoms with Crippen LogP contribution in [0.3, 0.4) is 0 Å². The van der Waals surface area contributed by atoms with E-state index in [1.54, 1.807) is 19.1 Å². The number of ether oxygens (including phenoxy) is 1. The van der Waals surface area contributed by atoms with Crippen molar-refractivity contribution < 1.29 is 31.1 Å². The topological polar surface area (TPSA) is 130 Å². The molecule has 3 heterocycles. The summed E-state index contributed by atoms with van der Waals surface area (Å²) in [7, 11) is -2.59. The Morgan fingerprint density at radius 3 is 2.58 bits per heavy atom. The largest absolute Gasteiger partial charge is 0.453 e. The highest BCUT2D eigenvalue weighted by Gasteiger charge is 2.35. The van der Waals surface area contributed by atoms with Gasteiger partial charge in [-0.2, -0.15) is 17.5 Å². The van der Waals surface area contributed by atoms with E-state index in [2.05, 4.69) is 35.2 Å². The van der Waals surface area contributed by atoms with Crippen molar-refractivity contribution in [3.8, 4) is 0 Å². The number of halogens is 3. The van der Waals surface area contributed by atoms with Gasteiger partial charge in [0.15, 0.2) is 9.34 Å². The standard InChI is InChI=1S/C22H26F3N7O4S2/c1-13(27-16-5-4-6-17-15(16)11-26-19(29-17)22(23,24)25)12-31-7-9-32(10-8-31)38(34,35)18-14(2)28-20(37-18)30-21(33)36-3/h4-6,11,13,27H,7-10,12H2,1-3H3,(H,28,30,33)/t13-/m0/s1. The van der Waals surface area contributed by atoms with Crippen LogP contribution in [-0.2, 0) is 20.9 Å². The first kappa shape index (κ1) is 27.9. The number of carbonyl (C=O) groups excluding carboxylic acids is 1. The number of rotatable bonds is 7. The Kier molecular flexibility index (Phi) is 8.06. The van der Waals surface area contributed by atoms with Gasteiger partial charge in [0.1, 0.15) is 0 Å². The summed E-state index contributed by atoms with van der Waals surface area (Å²) < 4.78 is 71.2. The number of methoxy groups -OCH3 is 1. The third kappa shape index (κ3) is 6.14. The van der Waals surface area contributed by atoms with Crippen LogP contribution < -0.4 is 10.6 Å². The number of carbonyl (C=O) groups is 1. The number of sulfonamides is 1. The third-order valence-corrected chi connectivity index (χ3v) is 9.43. The SMILES string of the molecule is COC(=O)Nc1nc(C)c(S(=O)(=O)N2CCN(C[C@H](C)Nc3cccc4nc(C(F)(F)F)ncc34)CC2)s1. The van der Waals surface area contributed by atoms with Gasteiger partial charge in [0, 0.05) is 56.0 Å². The molecule has 0 saturated carbocycles. The summed E-state index contributed by atoms with van der Waals surface area (Å²) in [5.41, 5.74) is 1.09. The minimum absolute atomic E-state index is 0.0687. The van der Waals surface area contributed by atoms with Gasteiger partial charge in [-0.3, -0.25) is 10.2 Å². The summed E-state index contributed by atoms with van der Waals surface area (Å²) in [5.74, 6) is -1.19. The van der Waals surface area contributed by atoms with Crippen molar-refractivity contribution in [2.75, 3.05) is 50.5 Å². The van der Waals surface area contributed by atoms with Crippen LogP contribution >= 0.6 is 11.3 Å². The average Bonchev–Trinajstić information content (AvgIpc) is 3.24. The van der Waals surface area contributed by atoms with Gasteiger partial charge in [-0.1, -0.05) is 17.4 Å². The number of amides is 1. The second kappa shape index (κ2) is 11.0. The van der Waals surface area contributed by atoms with E-state index in [-0.39, 0.29) is 34.0 Å². The molecule has 0 bridgehead atoms. The molecular formula is C22H26F3N7O4S2. The number of anilines is 2. The number of hydrogen-bond donors (Lipinski definition) is 2. The van der Waals surface area contributed by atoms with E-state index in [0.29, 0.717) is 36.4 Å². The summed E-state index contributed by atoms with van der Waals surface area (Å²) in [6.45, 7) is 5.61. The predicted molar refractivity (Wildman–Crippen MR) is 136 cm³/mol. The van der Waals surface area contributed by atoms with Gasteiger partial charge in [0.25, 0.3) is 10.0 Å². The van der Waals surface area contributed by atoms with Crippen LogP contribution in [0.5, 0.6) is 0 Å². The second-order valence-corrected chi connectivity index (χ2v) is 11.8. The van der Waals surface area contributed by atoms with Crippen molar-refractivity contribution >= 4 is 49.2 Å². The Labute approximate surface area is 221 Å². The number of hydrogen-bond acceptors (Lipinski definition) is 10. The Hall–Kier alpha value is -3.08. The summed E-state index contributed by atoms with van der Waals surface area (Å²) in [6, 6.07) is 4.78. The lowest BCUT2D eigenvalue weighted by molar-refractivity contribution is -0.144. The van der Waals surface area contributed by atoms with Gasteiger partial charge < -0.3 is 10.1 Å². The highest BCUT2D eigenvalue weighted by molar-refractivity contribution is 7.91. The zero-order chi connectivity index (χ0) is 27.7. The minimum Gasteiger partial charge on any atom is -0.453 e. The Bertz CT molecular complexity index is 1420. The maximum absolute atomic E-state index is 13.2. The molecule has 1 atom stereocenters. The summed E-state index contributed by atoms with van der Waals surface area (Å²) in [4.78, 5) is 24.7. The summed E-state index contributed by atoms with van der Waals surface area (Å²) >= 11 is 0.871. The zero-order valence-electron chi connectivity index (χ0n) is 20.7. The molecular weight excluding hydrogens is 547 g/mol. The van der Waals surface area contributed by atoms with E-state index >= 15 is 0 Å². The minimum atomic E-state index is -4.62. The first-order chi connectivity index (χ1) is 17.9. The molecule has 1 aliphatic heterocycles. The van der Waals surface area contributed by atoms with Gasteiger partial charge in [0.05, 0.1) is 18.3 Å². The van der Waals surface area contributed by atoms with Crippen LogP contribution in [0.15, 0.2) is 28.6 Å². The molecule has 38 heavy (non-hydrogen) atoms. The van der Waals surface area contributed by atoms with Crippen LogP contribution in [0.25, 0.3) is 10.9 Å². The van der Waals surface area contributed by atoms with Crippen LogP contribution in [-0.4, -0.2) is 84.5 Å². The second-order valence-electron chi connectivity index (χ2n) is 8.69. The van der Waals surface area contributed by atoms with E-state index in [1.165, 1.54) is 17.5 Å². The fraction of sp³-hybridized carbons (Fsp3) is 0.455. The first-order valence-corrected chi connectivity index (χ1v) is 13.8. The molecule has 206 valence electrons. The maximum Gasteiger partial charge on any atom is 0.451 e. The molecule has 0 spiro atoms. The number of nitrogens with zero attached hydrogens (tertiary/aromatic N) is 5. The molecule has 3 aromatic rings. The van der Waals surface area contributed by atoms with Crippen molar-refractivity contribution in [1.29, 1.82) is 0 Å². The molecule has 1 fully saturated rings. The number of alkyl halides is 3. The molecule has 0 aliphatic carbocycles. The van der Waals surface area contributed by atoms with Crippen LogP contribution in [0.2, 0.25) is 0 Å². The molecule has 2 aromatic heterocycles. The molecule has 1 aliphatic rings. The number of thiazole rings is 1. The van der Waals surface area contributed by atoms with Gasteiger partial charge in [0.2, 0.25) is 5.82 Å². The summed E-state index contributed by atoms with van der Waals surface area (Å²) in [5, 5.41) is 6.30. The van der Waals surface area contributed by atoms with Crippen molar-refractivity contribution in [2.45, 2.75) is 30.3 Å². The third-order valence-electron chi connectivity index (χ3n) is 5.87. The van der Waals surface area contributed by atoms with Crippen molar-refractivity contribution in [3.05, 3.63) is 35.9 Å². The molecule has 0 radical (unpaired) electrons. The molecule has 1 aromatic carbocycles. The van der Waals surface area contributed by atoms with Gasteiger partial charge in [-0.25, -0.2) is 28.2 Å². The zero-order valence-corrected chi connectivity index (χ0v) is 22.4. The lowest BCUT2D eigenvalue weighted by Gasteiger charge is -2.35. The first-order valence-electron chi connectivity index (χ1n) is 11.5. The van der Waals surface area contributed by atoms with E-state index in [0.717, 1.165) is 17.5 Å². The van der Waals surface area contributed by atoms with Gasteiger partial charge >= 0.3 is 12.3 Å². The fourth-order valence-electron chi connectivity index (χ4n) is 4.10. The highest BCUT2D eigenvalue weighted by atomic mass is 32.2. The van der Waals surface area contributed by atoms with E-state index < -0.39 is 28.1 Å². The van der Waals surface area contributed by atoms with Gasteiger partial charge in [-0.15, -0.1) is 0 Å². The average molecular weight is 574 g/mol. The Morgan fingerprint density at radius 2 is 1.92 bits per heavy atom. The van der Waals surface area contributed by atoms with Crippen LogP contribution in [0, 0.1) is 6.92 Å². The van der Waals surface area contributed by atoms with Crippen LogP contribution in [0.1, 0.15) is 18.4 Å². The lowest BCUT2D eigenvalue weighted by Crippen LogP contribution is -2.50. The maximum atomic E-state index is 13.2. The number of nitrogens with one attached hydrogen (secondary N) is 2. The molecule has 4 rings (SSSR count). The molecule has 16 heteroatoms. The van der Waals surface area contributed by atoms with Crippen molar-refractivity contribution in [1.82, 2.24) is 24.2 Å². The van der Waals surface area contributed by atoms with Crippen molar-refractivity contribution in [3.63, 3.8) is 0 Å². The Morgan fingerprint density at radius 1 is 1.21 bits per heavy atom. The normalized spacial score (nSPS) is 16.4. The molecule has 1 amide bonds. The number of piperazine rings is 1. The highest BCUT2D eigenvalue weighted by Crippen LogP contribution is 2.31. The smallest absolute Gasteiger partial charge is 0.451 e. The Balaban J connectivity index is 1.36. The van der Waals surface area contributed by atoms with E-state index in [1.807, 2.05) is 6.92 Å². The predicted octanol–water partition coefficient (Wildman–Crippen LogP) is 3.40. The molecule has 2 N–H and O–H groups in total. The number of aryl methyl sites for hydroxylation is 1. The summed E-state index contributed by atoms with van der Waals surface area (Å²) in [6.07, 6.45) is -4.19. The number of aromatic nitrogens is 3. The van der Waals surface area contributed by atoms with E-state index in [4.69, 9.17) is 0 Å². The van der Waals surface area contributed by atoms with Crippen LogP contribution in [0.4, 0.5) is 28.8 Å². The molecule has 0 unspecified atom stereocenters. The number of fused-ring (bicyclic) bond motifs is 1. The monoisotopic (exact) mass is 573 g/mol. The quantitative estimate of drug-likeness (QED) is 0.437. The number of benzene rings is 1. The molecule has 1 saturated heterocycles. The fourth-order valence-corrected chi connectivity index (χ4v) is 7.06.